The zero-order valence-corrected chi connectivity index (χ0v) is 23.0. The molecule has 3 heterocycles. The minimum Gasteiger partial charge on any atom is -0.383 e. The molecule has 1 fully saturated rings. The lowest BCUT2D eigenvalue weighted by molar-refractivity contribution is 0.408. The largest absolute Gasteiger partial charge is 0.383 e. The number of nitrogens with two attached hydrogens (primary N) is 1. The molecule has 36 heavy (non-hydrogen) atoms. The van der Waals surface area contributed by atoms with Crippen molar-refractivity contribution >= 4 is 44.6 Å². The fraction of sp³-hybridized carbons (Fsp3) is 0.310. The number of allylic oxidation sites excluding steroid dienone is 2. The van der Waals surface area contributed by atoms with Crippen molar-refractivity contribution in [3.63, 3.8) is 0 Å². The van der Waals surface area contributed by atoms with Gasteiger partial charge in [-0.25, -0.2) is 15.0 Å². The molecule has 1 atom stereocenters. The SMILES string of the molecule is C1CC1.C=C1C=NC(CN(Cc2ncccn2)C(=C)c2ccc3nc(N)c(Br)cc3c2)=CC1C.CC. The van der Waals surface area contributed by atoms with Crippen LogP contribution in [0.3, 0.4) is 0 Å². The van der Waals surface area contributed by atoms with Crippen molar-refractivity contribution in [3.05, 3.63) is 89.1 Å². The van der Waals surface area contributed by atoms with E-state index in [1.807, 2.05) is 44.3 Å². The van der Waals surface area contributed by atoms with E-state index in [0.717, 1.165) is 43.7 Å². The molecule has 0 saturated heterocycles. The summed E-state index contributed by atoms with van der Waals surface area (Å²) in [5.74, 6) is 1.45. The maximum absolute atomic E-state index is 5.92. The number of aliphatic imine (C=N–C) groups is 1. The Hall–Kier alpha value is -3.32. The molecule has 1 aliphatic carbocycles. The number of anilines is 1. The monoisotopic (exact) mass is 546 g/mol. The lowest BCUT2D eigenvalue weighted by atomic mass is 10.00. The summed E-state index contributed by atoms with van der Waals surface area (Å²) in [4.78, 5) is 19.9. The molecular weight excluding hydrogens is 512 g/mol. The van der Waals surface area contributed by atoms with Gasteiger partial charge in [-0.3, -0.25) is 4.99 Å². The summed E-state index contributed by atoms with van der Waals surface area (Å²) < 4.78 is 0.771. The van der Waals surface area contributed by atoms with Crippen LogP contribution in [0.15, 0.2) is 82.7 Å². The van der Waals surface area contributed by atoms with Crippen LogP contribution < -0.4 is 5.73 Å². The highest BCUT2D eigenvalue weighted by molar-refractivity contribution is 9.10. The van der Waals surface area contributed by atoms with E-state index in [1.54, 1.807) is 12.4 Å². The number of benzene rings is 1. The van der Waals surface area contributed by atoms with E-state index in [9.17, 15) is 0 Å². The molecule has 3 aromatic rings. The third-order valence-electron chi connectivity index (χ3n) is 5.59. The van der Waals surface area contributed by atoms with Crippen LogP contribution in [0.25, 0.3) is 16.6 Å². The minimum absolute atomic E-state index is 0.255. The normalized spacial score (nSPS) is 15.7. The third kappa shape index (κ3) is 7.59. The molecule has 2 aliphatic rings. The van der Waals surface area contributed by atoms with Crippen molar-refractivity contribution in [2.75, 3.05) is 12.3 Å². The van der Waals surface area contributed by atoms with Crippen molar-refractivity contribution in [3.8, 4) is 0 Å². The van der Waals surface area contributed by atoms with Crippen LogP contribution in [0.2, 0.25) is 0 Å². The van der Waals surface area contributed by atoms with Crippen LogP contribution >= 0.6 is 15.9 Å². The van der Waals surface area contributed by atoms with E-state index in [0.29, 0.717) is 18.9 Å². The Morgan fingerprint density at radius 2 is 1.81 bits per heavy atom. The first kappa shape index (κ1) is 27.3. The first-order chi connectivity index (χ1) is 17.4. The molecule has 1 saturated carbocycles. The van der Waals surface area contributed by atoms with Gasteiger partial charge < -0.3 is 10.6 Å². The molecule has 0 bridgehead atoms. The standard InChI is InChI=1S/C24H23BrN6.C3H6.C2H6/c1-15-9-20(29-12-16(15)2)13-31(14-23-27-7-4-8-28-23)17(3)18-5-6-22-19(10-18)11-21(25)24(26)30-22;1-2-3-1;1-2/h4-12,15H,2-3,13-14H2,1H3,(H2,26,30);1-3H2;1-2H3. The highest BCUT2D eigenvalue weighted by Crippen LogP contribution is 2.28. The highest BCUT2D eigenvalue weighted by Gasteiger charge is 2.17. The average Bonchev–Trinajstić information content (AvgIpc) is 3.78. The summed E-state index contributed by atoms with van der Waals surface area (Å²) in [6.45, 7) is 15.6. The first-order valence-corrected chi connectivity index (χ1v) is 13.2. The predicted molar refractivity (Wildman–Crippen MR) is 155 cm³/mol. The summed E-state index contributed by atoms with van der Waals surface area (Å²) in [6, 6.07) is 9.81. The van der Waals surface area contributed by atoms with E-state index < -0.39 is 0 Å². The van der Waals surface area contributed by atoms with Gasteiger partial charge in [-0.05, 0) is 51.3 Å². The van der Waals surface area contributed by atoms with Gasteiger partial charge in [0.05, 0.1) is 28.8 Å². The molecule has 5 rings (SSSR count). The summed E-state index contributed by atoms with van der Waals surface area (Å²) >= 11 is 3.46. The lowest BCUT2D eigenvalue weighted by Crippen LogP contribution is -2.25. The Balaban J connectivity index is 0.000000657. The first-order valence-electron chi connectivity index (χ1n) is 12.4. The fourth-order valence-corrected chi connectivity index (χ4v) is 3.70. The van der Waals surface area contributed by atoms with Crippen LogP contribution in [-0.2, 0) is 6.54 Å². The van der Waals surface area contributed by atoms with Crippen molar-refractivity contribution in [1.29, 1.82) is 0 Å². The van der Waals surface area contributed by atoms with E-state index in [4.69, 9.17) is 5.73 Å². The van der Waals surface area contributed by atoms with Gasteiger partial charge in [-0.1, -0.05) is 65.3 Å². The number of nitrogen functional groups attached to an aromatic ring is 1. The van der Waals surface area contributed by atoms with Crippen LogP contribution in [-0.4, -0.2) is 32.6 Å². The molecular formula is C29H35BrN6. The number of nitrogens with zero attached hydrogens (tertiary/aromatic N) is 5. The van der Waals surface area contributed by atoms with Crippen LogP contribution in [0.1, 0.15) is 51.4 Å². The van der Waals surface area contributed by atoms with Crippen molar-refractivity contribution in [2.24, 2.45) is 10.9 Å². The number of hydrogen-bond donors (Lipinski definition) is 1. The summed E-state index contributed by atoms with van der Waals surface area (Å²) in [5, 5.41) is 0.982. The molecule has 1 aliphatic heterocycles. The zero-order chi connectivity index (χ0) is 26.1. The van der Waals surface area contributed by atoms with Gasteiger partial charge >= 0.3 is 0 Å². The second kappa shape index (κ2) is 13.1. The van der Waals surface area contributed by atoms with Crippen LogP contribution in [0.4, 0.5) is 5.82 Å². The highest BCUT2D eigenvalue weighted by atomic mass is 79.9. The fourth-order valence-electron chi connectivity index (χ4n) is 3.37. The Kier molecular flexibility index (Phi) is 9.94. The van der Waals surface area contributed by atoms with Gasteiger partial charge in [0, 0.05) is 35.6 Å². The molecule has 7 heteroatoms. The van der Waals surface area contributed by atoms with E-state index in [-0.39, 0.29) is 5.92 Å². The van der Waals surface area contributed by atoms with Crippen molar-refractivity contribution < 1.29 is 0 Å². The van der Waals surface area contributed by atoms with Crippen LogP contribution in [0.5, 0.6) is 0 Å². The lowest BCUT2D eigenvalue weighted by Gasteiger charge is -2.28. The Labute approximate surface area is 222 Å². The topological polar surface area (TPSA) is 80.3 Å². The van der Waals surface area contributed by atoms with Crippen LogP contribution in [0, 0.1) is 5.92 Å². The summed E-state index contributed by atoms with van der Waals surface area (Å²) in [6.07, 6.45) is 12.0. The van der Waals surface area contributed by atoms with Gasteiger partial charge in [0.15, 0.2) is 0 Å². The quantitative estimate of drug-likeness (QED) is 0.353. The molecule has 0 spiro atoms. The number of halogens is 1. The molecule has 2 N–H and O–H groups in total. The minimum atomic E-state index is 0.255. The predicted octanol–water partition coefficient (Wildman–Crippen LogP) is 7.20. The molecule has 1 unspecified atom stereocenters. The molecule has 1 aromatic carbocycles. The molecule has 0 amide bonds. The van der Waals surface area contributed by atoms with Gasteiger partial charge in [-0.15, -0.1) is 0 Å². The number of hydrogen-bond acceptors (Lipinski definition) is 6. The summed E-state index contributed by atoms with van der Waals surface area (Å²) in [5.41, 5.74) is 10.6. The summed E-state index contributed by atoms with van der Waals surface area (Å²) in [7, 11) is 0. The third-order valence-corrected chi connectivity index (χ3v) is 6.23. The number of pyridine rings is 1. The maximum Gasteiger partial charge on any atom is 0.147 e. The number of aromatic nitrogens is 3. The van der Waals surface area contributed by atoms with Crippen molar-refractivity contribution in [2.45, 2.75) is 46.6 Å². The number of fused-ring (bicyclic) bond motifs is 1. The smallest absolute Gasteiger partial charge is 0.147 e. The van der Waals surface area contributed by atoms with Gasteiger partial charge in [0.1, 0.15) is 11.6 Å². The van der Waals surface area contributed by atoms with Gasteiger partial charge in [0.2, 0.25) is 0 Å². The zero-order valence-electron chi connectivity index (χ0n) is 21.4. The number of rotatable bonds is 6. The van der Waals surface area contributed by atoms with E-state index in [2.05, 4.69) is 73.0 Å². The second-order valence-electron chi connectivity index (χ2n) is 8.57. The molecule has 188 valence electrons. The van der Waals surface area contributed by atoms with Gasteiger partial charge in [-0.2, -0.15) is 0 Å². The second-order valence-corrected chi connectivity index (χ2v) is 9.43. The van der Waals surface area contributed by atoms with Gasteiger partial charge in [0.25, 0.3) is 0 Å². The Bertz CT molecular complexity index is 1260. The maximum atomic E-state index is 5.92. The molecule has 6 nitrogen and oxygen atoms in total. The average molecular weight is 548 g/mol. The van der Waals surface area contributed by atoms with E-state index >= 15 is 0 Å². The Morgan fingerprint density at radius 3 is 2.44 bits per heavy atom. The molecule has 0 radical (unpaired) electrons. The Morgan fingerprint density at radius 1 is 1.11 bits per heavy atom. The molecule has 2 aromatic heterocycles. The van der Waals surface area contributed by atoms with Crippen molar-refractivity contribution in [1.82, 2.24) is 19.9 Å². The van der Waals surface area contributed by atoms with E-state index in [1.165, 1.54) is 19.3 Å².